The van der Waals surface area contributed by atoms with Gasteiger partial charge in [0.15, 0.2) is 0 Å². The Morgan fingerprint density at radius 2 is 1.84 bits per heavy atom. The zero-order valence-corrected chi connectivity index (χ0v) is 28.6. The second-order valence-electron chi connectivity index (χ2n) is 13.7. The van der Waals surface area contributed by atoms with E-state index in [0.717, 1.165) is 17.5 Å². The van der Waals surface area contributed by atoms with Crippen LogP contribution in [-0.2, 0) is 46.8 Å². The van der Waals surface area contributed by atoms with Crippen molar-refractivity contribution in [3.05, 3.63) is 47.5 Å². The average Bonchev–Trinajstić information content (AvgIpc) is 4.02. The van der Waals surface area contributed by atoms with E-state index in [1.807, 2.05) is 36.4 Å². The van der Waals surface area contributed by atoms with Crippen molar-refractivity contribution in [2.45, 2.75) is 99.7 Å². The first kappa shape index (κ1) is 35.6. The third-order valence-electron chi connectivity index (χ3n) is 10.1. The molecule has 2 aliphatic carbocycles. The number of halogens is 1. The lowest BCUT2D eigenvalue weighted by atomic mass is 10.0. The van der Waals surface area contributed by atoms with Gasteiger partial charge in [-0.2, -0.15) is 0 Å². The number of carbonyl (C=O) groups excluding carboxylic acids is 5. The maximum absolute atomic E-state index is 14.1. The fraction of sp³-hybridized carbons (Fsp3) is 0.618. The van der Waals surface area contributed by atoms with Crippen molar-refractivity contribution in [3.8, 4) is 0 Å². The van der Waals surface area contributed by atoms with E-state index < -0.39 is 88.1 Å². The Morgan fingerprint density at radius 1 is 1.06 bits per heavy atom. The van der Waals surface area contributed by atoms with Crippen molar-refractivity contribution in [3.63, 3.8) is 0 Å². The van der Waals surface area contributed by atoms with Crippen molar-refractivity contribution in [1.82, 2.24) is 25.2 Å². The maximum Gasteiger partial charge on any atom is 0.410 e. The number of hydrogen-bond acceptors (Lipinski definition) is 9. The summed E-state index contributed by atoms with van der Waals surface area (Å²) in [4.78, 5) is 70.4. The molecule has 3 heterocycles. The topological polar surface area (TPSA) is 181 Å². The van der Waals surface area contributed by atoms with Crippen LogP contribution in [0.2, 0.25) is 0 Å². The van der Waals surface area contributed by atoms with E-state index in [2.05, 4.69) is 15.4 Å². The molecule has 0 radical (unpaired) electrons. The number of sulfonamides is 1. The minimum atomic E-state index is -3.91. The molecule has 0 bridgehead atoms. The number of nitrogens with zero attached hydrogens (tertiary/aromatic N) is 2. The highest BCUT2D eigenvalue weighted by atomic mass is 32.2. The predicted molar refractivity (Wildman–Crippen MR) is 176 cm³/mol. The quantitative estimate of drug-likeness (QED) is 0.357. The summed E-state index contributed by atoms with van der Waals surface area (Å²) in [5, 5.41) is 4.64. The molecule has 0 unspecified atom stereocenters. The molecule has 1 saturated heterocycles. The summed E-state index contributed by atoms with van der Waals surface area (Å²) in [6, 6.07) is 5.45. The third kappa shape index (κ3) is 8.05. The van der Waals surface area contributed by atoms with Gasteiger partial charge < -0.3 is 29.9 Å². The summed E-state index contributed by atoms with van der Waals surface area (Å²) < 4.78 is 51.0. The fourth-order valence-electron chi connectivity index (χ4n) is 7.03. The van der Waals surface area contributed by atoms with E-state index in [1.54, 1.807) is 4.90 Å². The second-order valence-corrected chi connectivity index (χ2v) is 15.7. The molecular weight excluding hydrogens is 673 g/mol. The number of fused-ring (bicyclic) bond motifs is 3. The van der Waals surface area contributed by atoms with Gasteiger partial charge in [-0.15, -0.1) is 0 Å². The van der Waals surface area contributed by atoms with Gasteiger partial charge in [-0.3, -0.25) is 19.1 Å². The minimum absolute atomic E-state index is 0.0919. The highest BCUT2D eigenvalue weighted by Crippen LogP contribution is 2.46. The van der Waals surface area contributed by atoms with Crippen LogP contribution in [-0.4, -0.2) is 103 Å². The van der Waals surface area contributed by atoms with Crippen LogP contribution in [0.1, 0.15) is 68.9 Å². The number of alkyl halides is 1. The Morgan fingerprint density at radius 3 is 2.60 bits per heavy atom. The van der Waals surface area contributed by atoms with Gasteiger partial charge in [0.2, 0.25) is 21.8 Å². The summed E-state index contributed by atoms with van der Waals surface area (Å²) in [5.41, 5.74) is 0.595. The molecule has 5 atom stereocenters. The lowest BCUT2D eigenvalue weighted by Crippen LogP contribution is -2.58. The molecule has 6 rings (SSSR count). The van der Waals surface area contributed by atoms with Crippen LogP contribution in [0.25, 0.3) is 0 Å². The van der Waals surface area contributed by atoms with E-state index in [1.165, 1.54) is 4.90 Å². The van der Waals surface area contributed by atoms with Crippen LogP contribution < -0.4 is 15.4 Å². The second kappa shape index (κ2) is 15.0. The monoisotopic (exact) mass is 717 g/mol. The number of allylic oxidation sites excluding steroid dienone is 1. The van der Waals surface area contributed by atoms with Gasteiger partial charge in [0.1, 0.15) is 37.0 Å². The fourth-order valence-corrected chi connectivity index (χ4v) is 8.40. The Hall–Kier alpha value is -4.21. The first-order valence-electron chi connectivity index (χ1n) is 17.4. The average molecular weight is 718 g/mol. The van der Waals surface area contributed by atoms with Crippen molar-refractivity contribution >= 4 is 39.9 Å². The summed E-state index contributed by atoms with van der Waals surface area (Å²) in [6.45, 7) is -0.782. The summed E-state index contributed by atoms with van der Waals surface area (Å²) >= 11 is 0. The molecule has 3 N–H and O–H groups in total. The summed E-state index contributed by atoms with van der Waals surface area (Å²) in [6.07, 6.45) is 5.70. The standard InChI is InChI=1S/C34H44FN5O9S/c35-15-17-48-32(44)36-27-11-5-3-1-2-4-10-24-19-34(24,31(43)38-50(46,47)26-12-13-26)37-29(41)28-18-25(21-40(28)30(27)42)49-33(45)39-16-14-22-8-6-7-9-23(22)20-39/h4,6-10,24-28H,1-3,5,11-21H2,(H,36,44)(H,37,41)(H,38,43)/b10-4-/t24-,25-,27+,28+,34-/m1/s1. The lowest BCUT2D eigenvalue weighted by Gasteiger charge is -2.30. The molecule has 0 aromatic heterocycles. The van der Waals surface area contributed by atoms with Crippen molar-refractivity contribution in [2.75, 3.05) is 26.4 Å². The van der Waals surface area contributed by atoms with Crippen LogP contribution in [0.3, 0.4) is 0 Å². The Labute approximate surface area is 290 Å². The number of nitrogens with one attached hydrogen (secondary N) is 3. The van der Waals surface area contributed by atoms with Gasteiger partial charge in [0, 0.05) is 25.4 Å². The molecule has 16 heteroatoms. The number of hydrogen-bond donors (Lipinski definition) is 3. The molecule has 272 valence electrons. The van der Waals surface area contributed by atoms with Gasteiger partial charge in [0.25, 0.3) is 5.91 Å². The molecule has 3 aliphatic heterocycles. The zero-order valence-electron chi connectivity index (χ0n) is 27.8. The number of alkyl carbamates (subject to hydrolysis) is 1. The largest absolute Gasteiger partial charge is 0.447 e. The van der Waals surface area contributed by atoms with E-state index >= 15 is 0 Å². The van der Waals surface area contributed by atoms with Crippen LogP contribution in [0.4, 0.5) is 14.0 Å². The van der Waals surface area contributed by atoms with Crippen molar-refractivity contribution < 1.29 is 46.3 Å². The molecule has 14 nitrogen and oxygen atoms in total. The van der Waals surface area contributed by atoms with E-state index in [4.69, 9.17) is 9.47 Å². The summed E-state index contributed by atoms with van der Waals surface area (Å²) in [7, 11) is -3.91. The van der Waals surface area contributed by atoms with Crippen LogP contribution in [0.5, 0.6) is 0 Å². The molecule has 1 aromatic carbocycles. The smallest absolute Gasteiger partial charge is 0.410 e. The SMILES string of the molecule is O=C(N[C@H]1CCCCC/C=C\[C@@H]2C[C@@]2(C(=O)NS(=O)(=O)C2CC2)NC(=O)[C@@H]2C[C@@H](OC(=O)N3CCc4ccccc4C3)CN2C1=O)OCCF. The van der Waals surface area contributed by atoms with E-state index in [-0.39, 0.29) is 25.8 Å². The molecule has 5 amide bonds. The molecule has 1 aromatic rings. The van der Waals surface area contributed by atoms with Gasteiger partial charge in [-0.05, 0) is 56.1 Å². The third-order valence-corrected chi connectivity index (χ3v) is 11.9. The zero-order chi connectivity index (χ0) is 35.5. The normalized spacial score (nSPS) is 29.1. The molecule has 5 aliphatic rings. The summed E-state index contributed by atoms with van der Waals surface area (Å²) in [5.74, 6) is -2.64. The van der Waals surface area contributed by atoms with E-state index in [0.29, 0.717) is 51.6 Å². The molecule has 2 saturated carbocycles. The molecule has 0 spiro atoms. The number of carbonyl (C=O) groups is 5. The Bertz CT molecular complexity index is 1640. The first-order valence-corrected chi connectivity index (χ1v) is 18.9. The predicted octanol–water partition coefficient (Wildman–Crippen LogP) is 2.22. The maximum atomic E-state index is 14.1. The van der Waals surface area contributed by atoms with Crippen LogP contribution in [0.15, 0.2) is 36.4 Å². The number of rotatable bonds is 7. The molecule has 3 fully saturated rings. The van der Waals surface area contributed by atoms with Gasteiger partial charge >= 0.3 is 12.2 Å². The van der Waals surface area contributed by atoms with E-state index in [9.17, 15) is 36.8 Å². The Kier molecular flexibility index (Phi) is 10.6. The van der Waals surface area contributed by atoms with Crippen LogP contribution in [0, 0.1) is 5.92 Å². The van der Waals surface area contributed by atoms with Gasteiger partial charge in [0.05, 0.1) is 11.8 Å². The Balaban J connectivity index is 1.24. The van der Waals surface area contributed by atoms with Crippen molar-refractivity contribution in [2.24, 2.45) is 5.92 Å². The molecule has 50 heavy (non-hydrogen) atoms. The van der Waals surface area contributed by atoms with Crippen molar-refractivity contribution in [1.29, 1.82) is 0 Å². The van der Waals surface area contributed by atoms with Crippen LogP contribution >= 0.6 is 0 Å². The number of benzene rings is 1. The van der Waals surface area contributed by atoms with Gasteiger partial charge in [-0.1, -0.05) is 49.3 Å². The van der Waals surface area contributed by atoms with Gasteiger partial charge in [-0.25, -0.2) is 22.4 Å². The lowest BCUT2D eigenvalue weighted by molar-refractivity contribution is -0.141. The highest BCUT2D eigenvalue weighted by Gasteiger charge is 2.62. The minimum Gasteiger partial charge on any atom is -0.447 e. The first-order chi connectivity index (χ1) is 24.0. The number of ether oxygens (including phenoxy) is 2. The highest BCUT2D eigenvalue weighted by molar-refractivity contribution is 7.91. The number of amides is 5. The molecular formula is C34H44FN5O9S.